The number of carboxylic acid groups (broad SMARTS) is 1. The third-order valence-corrected chi connectivity index (χ3v) is 5.81. The van der Waals surface area contributed by atoms with Gasteiger partial charge in [-0.25, -0.2) is 4.79 Å². The number of aliphatic imine (C=N–C) groups is 1. The second kappa shape index (κ2) is 17.3. The van der Waals surface area contributed by atoms with Gasteiger partial charge in [0.15, 0.2) is 5.96 Å². The molecular weight excluding hydrogens is 470 g/mol. The van der Waals surface area contributed by atoms with Crippen LogP contribution in [0.5, 0.6) is 0 Å². The Kier molecular flexibility index (Phi) is 16.2. The maximum Gasteiger partial charge on any atom is 0.326 e. The third-order valence-electron chi connectivity index (χ3n) is 4.53. The average molecular weight is 508 g/mol. The lowest BCUT2D eigenvalue weighted by atomic mass is 10.1. The molecule has 10 N–H and O–H groups in total. The second-order valence-electron chi connectivity index (χ2n) is 7.31. The SMILES string of the molecule is CSCCC(NC(=O)C(C)NC(=O)C(CCSC)NC(=O)C(N)CCCN=C(N)N)C(=O)O. The highest BCUT2D eigenvalue weighted by Gasteiger charge is 2.28. The minimum absolute atomic E-state index is 0.0427. The minimum atomic E-state index is -1.14. The largest absolute Gasteiger partial charge is 0.480 e. The van der Waals surface area contributed by atoms with Gasteiger partial charge < -0.3 is 38.3 Å². The van der Waals surface area contributed by atoms with Gasteiger partial charge in [-0.1, -0.05) is 0 Å². The molecule has 0 bridgehead atoms. The number of nitrogens with one attached hydrogen (secondary N) is 3. The van der Waals surface area contributed by atoms with Gasteiger partial charge in [0.2, 0.25) is 17.7 Å². The Morgan fingerprint density at radius 1 is 0.879 bits per heavy atom. The monoisotopic (exact) mass is 507 g/mol. The maximum absolute atomic E-state index is 12.7. The first kappa shape index (κ1) is 30.8. The van der Waals surface area contributed by atoms with Crippen molar-refractivity contribution in [2.24, 2.45) is 22.2 Å². The Morgan fingerprint density at radius 3 is 1.94 bits per heavy atom. The van der Waals surface area contributed by atoms with E-state index in [1.807, 2.05) is 12.5 Å². The van der Waals surface area contributed by atoms with Crippen LogP contribution >= 0.6 is 23.5 Å². The summed E-state index contributed by atoms with van der Waals surface area (Å²) in [4.78, 5) is 52.7. The van der Waals surface area contributed by atoms with Crippen molar-refractivity contribution in [2.75, 3.05) is 30.6 Å². The number of nitrogens with two attached hydrogens (primary N) is 3. The van der Waals surface area contributed by atoms with Crippen molar-refractivity contribution in [3.63, 3.8) is 0 Å². The van der Waals surface area contributed by atoms with E-state index in [2.05, 4.69) is 20.9 Å². The van der Waals surface area contributed by atoms with Crippen molar-refractivity contribution in [3.05, 3.63) is 0 Å². The number of rotatable bonds is 17. The van der Waals surface area contributed by atoms with E-state index in [0.717, 1.165) is 0 Å². The predicted octanol–water partition coefficient (Wildman–Crippen LogP) is -1.57. The number of hydrogen-bond acceptors (Lipinski definition) is 8. The van der Waals surface area contributed by atoms with Crippen LogP contribution in [0, 0.1) is 0 Å². The van der Waals surface area contributed by atoms with Crippen molar-refractivity contribution in [1.29, 1.82) is 0 Å². The summed E-state index contributed by atoms with van der Waals surface area (Å²) in [7, 11) is 0. The molecule has 4 atom stereocenters. The zero-order chi connectivity index (χ0) is 25.4. The number of guanidine groups is 1. The van der Waals surface area contributed by atoms with E-state index >= 15 is 0 Å². The van der Waals surface area contributed by atoms with Crippen LogP contribution in [0.4, 0.5) is 0 Å². The molecule has 3 amide bonds. The fourth-order valence-corrected chi connectivity index (χ4v) is 3.55. The van der Waals surface area contributed by atoms with E-state index in [4.69, 9.17) is 17.2 Å². The number of carbonyl (C=O) groups excluding carboxylic acids is 3. The third kappa shape index (κ3) is 13.8. The topological polar surface area (TPSA) is 215 Å². The molecule has 0 radical (unpaired) electrons. The summed E-state index contributed by atoms with van der Waals surface area (Å²) >= 11 is 2.97. The molecule has 0 aliphatic rings. The molecule has 0 aliphatic carbocycles. The first-order valence-corrected chi connectivity index (χ1v) is 13.2. The Bertz CT molecular complexity index is 677. The molecule has 190 valence electrons. The fraction of sp³-hybridized carbons (Fsp3) is 0.737. The summed E-state index contributed by atoms with van der Waals surface area (Å²) in [5, 5.41) is 16.9. The number of carbonyl (C=O) groups is 4. The molecule has 0 heterocycles. The zero-order valence-electron chi connectivity index (χ0n) is 19.3. The summed E-state index contributed by atoms with van der Waals surface area (Å²) in [5.41, 5.74) is 16.4. The minimum Gasteiger partial charge on any atom is -0.480 e. The van der Waals surface area contributed by atoms with Crippen LogP contribution in [0.15, 0.2) is 4.99 Å². The maximum atomic E-state index is 12.7. The number of amides is 3. The van der Waals surface area contributed by atoms with Crippen LogP contribution in [0.2, 0.25) is 0 Å². The molecule has 12 nitrogen and oxygen atoms in total. The van der Waals surface area contributed by atoms with Gasteiger partial charge >= 0.3 is 5.97 Å². The Hall–Kier alpha value is -2.19. The molecule has 0 saturated carbocycles. The van der Waals surface area contributed by atoms with Gasteiger partial charge in [-0.15, -0.1) is 0 Å². The lowest BCUT2D eigenvalue weighted by molar-refractivity contribution is -0.142. The molecule has 14 heteroatoms. The van der Waals surface area contributed by atoms with Crippen molar-refractivity contribution < 1.29 is 24.3 Å². The van der Waals surface area contributed by atoms with Gasteiger partial charge in [-0.2, -0.15) is 23.5 Å². The quantitative estimate of drug-likeness (QED) is 0.0682. The molecule has 0 aromatic carbocycles. The van der Waals surface area contributed by atoms with Crippen LogP contribution < -0.4 is 33.2 Å². The molecule has 4 unspecified atom stereocenters. The molecule has 33 heavy (non-hydrogen) atoms. The summed E-state index contributed by atoms with van der Waals surface area (Å²) in [6.07, 6.45) is 5.11. The Balaban J connectivity index is 4.92. The highest BCUT2D eigenvalue weighted by molar-refractivity contribution is 7.98. The standard InChI is InChI=1S/C19H37N7O5S2/c1-11(15(27)26-14(18(30)31)7-10-33-3)24-17(29)13(6-9-32-2)25-16(28)12(20)5-4-8-23-19(21)22/h11-14H,4-10,20H2,1-3H3,(H,24,29)(H,25,28)(H,26,27)(H,30,31)(H4,21,22,23). The highest BCUT2D eigenvalue weighted by atomic mass is 32.2. The van der Waals surface area contributed by atoms with Gasteiger partial charge in [0.05, 0.1) is 6.04 Å². The number of nitrogens with zero attached hydrogens (tertiary/aromatic N) is 1. The lowest BCUT2D eigenvalue weighted by Crippen LogP contribution is -2.56. The van der Waals surface area contributed by atoms with Crippen molar-refractivity contribution >= 4 is 53.2 Å². The van der Waals surface area contributed by atoms with Crippen LogP contribution in [0.1, 0.15) is 32.6 Å². The summed E-state index contributed by atoms with van der Waals surface area (Å²) < 4.78 is 0. The summed E-state index contributed by atoms with van der Waals surface area (Å²) in [6, 6.07) is -3.78. The van der Waals surface area contributed by atoms with Crippen molar-refractivity contribution in [1.82, 2.24) is 16.0 Å². The van der Waals surface area contributed by atoms with Gasteiger partial charge in [-0.05, 0) is 56.6 Å². The molecule has 0 aromatic rings. The Morgan fingerprint density at radius 2 is 1.42 bits per heavy atom. The van der Waals surface area contributed by atoms with E-state index in [1.54, 1.807) is 0 Å². The smallest absolute Gasteiger partial charge is 0.326 e. The van der Waals surface area contributed by atoms with Crippen LogP contribution in [-0.2, 0) is 19.2 Å². The number of thioether (sulfide) groups is 2. The number of aliphatic carboxylic acids is 1. The molecule has 0 spiro atoms. The molecule has 0 fully saturated rings. The van der Waals surface area contributed by atoms with Crippen LogP contribution in [-0.4, -0.2) is 89.5 Å². The first-order valence-electron chi connectivity index (χ1n) is 10.5. The molecular formula is C19H37N7O5S2. The molecule has 0 saturated heterocycles. The Labute approximate surface area is 203 Å². The fourth-order valence-electron chi connectivity index (χ4n) is 2.60. The van der Waals surface area contributed by atoms with Gasteiger partial charge in [0.25, 0.3) is 0 Å². The summed E-state index contributed by atoms with van der Waals surface area (Å²) in [6.45, 7) is 1.78. The van der Waals surface area contributed by atoms with E-state index in [1.165, 1.54) is 30.4 Å². The highest BCUT2D eigenvalue weighted by Crippen LogP contribution is 2.05. The number of hydrogen-bond donors (Lipinski definition) is 7. The number of carboxylic acids is 1. The first-order chi connectivity index (χ1) is 15.5. The van der Waals surface area contributed by atoms with E-state index < -0.39 is 47.9 Å². The van der Waals surface area contributed by atoms with E-state index in [-0.39, 0.29) is 12.4 Å². The second-order valence-corrected chi connectivity index (χ2v) is 9.28. The van der Waals surface area contributed by atoms with E-state index in [0.29, 0.717) is 37.3 Å². The van der Waals surface area contributed by atoms with Crippen molar-refractivity contribution in [3.8, 4) is 0 Å². The zero-order valence-corrected chi connectivity index (χ0v) is 21.0. The average Bonchev–Trinajstić information content (AvgIpc) is 2.75. The van der Waals surface area contributed by atoms with Gasteiger partial charge in [-0.3, -0.25) is 19.4 Å². The molecule has 0 rings (SSSR count). The predicted molar refractivity (Wildman–Crippen MR) is 133 cm³/mol. The van der Waals surface area contributed by atoms with E-state index in [9.17, 15) is 24.3 Å². The molecule has 0 aliphatic heterocycles. The van der Waals surface area contributed by atoms with Crippen LogP contribution in [0.25, 0.3) is 0 Å². The normalized spacial score (nSPS) is 14.3. The summed E-state index contributed by atoms with van der Waals surface area (Å²) in [5.74, 6) is -1.71. The molecule has 0 aromatic heterocycles. The van der Waals surface area contributed by atoms with Crippen LogP contribution in [0.3, 0.4) is 0 Å². The van der Waals surface area contributed by atoms with Gasteiger partial charge in [0, 0.05) is 6.54 Å². The van der Waals surface area contributed by atoms with Gasteiger partial charge in [0.1, 0.15) is 18.1 Å². The van der Waals surface area contributed by atoms with Crippen molar-refractivity contribution in [2.45, 2.75) is 56.8 Å². The lowest BCUT2D eigenvalue weighted by Gasteiger charge is -2.23.